The fourth-order valence-electron chi connectivity index (χ4n) is 3.23. The number of benzene rings is 4. The van der Waals surface area contributed by atoms with Gasteiger partial charge in [0.05, 0.1) is 10.0 Å². The molecule has 4 rings (SSSR count). The molecule has 0 saturated carbocycles. The summed E-state index contributed by atoms with van der Waals surface area (Å²) in [5, 5.41) is 4.38. The first-order chi connectivity index (χ1) is 18.9. The van der Waals surface area contributed by atoms with Crippen LogP contribution >= 0.6 is 34.8 Å². The van der Waals surface area contributed by atoms with Gasteiger partial charge in [-0.25, -0.2) is 13.6 Å². The molecule has 0 fully saturated rings. The Morgan fingerprint density at radius 1 is 0.775 bits per heavy atom. The molecule has 0 aliphatic heterocycles. The molecule has 4 aromatic rings. The number of ether oxygens (including phenoxy) is 1. The lowest BCUT2D eigenvalue weighted by Crippen LogP contribution is -2.35. The summed E-state index contributed by atoms with van der Waals surface area (Å²) in [7, 11) is -4.14. The van der Waals surface area contributed by atoms with E-state index in [1.807, 2.05) is 0 Å². The normalized spacial score (nSPS) is 11.0. The number of hydrogen-bond acceptors (Lipinski definition) is 6. The van der Waals surface area contributed by atoms with Crippen LogP contribution in [0.3, 0.4) is 0 Å². The Hall–Kier alpha value is -3.90. The quantitative estimate of drug-likeness (QED) is 0.206. The molecule has 206 valence electrons. The maximum atomic E-state index is 13.8. The lowest BCUT2D eigenvalue weighted by atomic mass is 10.2. The number of amides is 3. The standard InChI is InChI=1S/C26H15Cl3F2N2O6S/c27-14-4-6-17(7-5-14)39-40(36,37)18-10-8-16(9-11-18)38-24-19(28)12-15(13-20(24)29)32-26(35)33-25(34)23-21(30)2-1-3-22(23)31/h1-13H,(H2,32,33,34,35). The van der Waals surface area contributed by atoms with Gasteiger partial charge in [0.2, 0.25) is 0 Å². The fraction of sp³-hybridized carbons (Fsp3) is 0. The molecule has 14 heteroatoms. The number of rotatable bonds is 7. The lowest BCUT2D eigenvalue weighted by molar-refractivity contribution is 0.0959. The van der Waals surface area contributed by atoms with Gasteiger partial charge in [-0.1, -0.05) is 40.9 Å². The maximum absolute atomic E-state index is 13.8. The zero-order valence-electron chi connectivity index (χ0n) is 19.8. The number of imide groups is 1. The molecule has 0 atom stereocenters. The van der Waals surface area contributed by atoms with E-state index >= 15 is 0 Å². The van der Waals surface area contributed by atoms with Crippen LogP contribution in [0.4, 0.5) is 19.3 Å². The van der Waals surface area contributed by atoms with Crippen LogP contribution < -0.4 is 19.6 Å². The van der Waals surface area contributed by atoms with Gasteiger partial charge in [-0.2, -0.15) is 8.42 Å². The van der Waals surface area contributed by atoms with E-state index in [0.717, 1.165) is 18.2 Å². The van der Waals surface area contributed by atoms with Crippen molar-refractivity contribution in [1.29, 1.82) is 0 Å². The van der Waals surface area contributed by atoms with Gasteiger partial charge in [0.15, 0.2) is 5.75 Å². The summed E-state index contributed by atoms with van der Waals surface area (Å²) in [5.74, 6) is -3.35. The molecule has 0 aliphatic carbocycles. The van der Waals surface area contributed by atoms with E-state index in [4.69, 9.17) is 43.7 Å². The number of hydrogen-bond donors (Lipinski definition) is 2. The Labute approximate surface area is 241 Å². The highest BCUT2D eigenvalue weighted by Crippen LogP contribution is 2.39. The van der Waals surface area contributed by atoms with Gasteiger partial charge in [0, 0.05) is 10.7 Å². The number of anilines is 1. The van der Waals surface area contributed by atoms with Crippen LogP contribution in [0.5, 0.6) is 17.2 Å². The Balaban J connectivity index is 1.42. The zero-order valence-corrected chi connectivity index (χ0v) is 22.8. The van der Waals surface area contributed by atoms with E-state index in [1.54, 1.807) is 5.32 Å². The SMILES string of the molecule is O=C(NC(=O)c1c(F)cccc1F)Nc1cc(Cl)c(Oc2ccc(S(=O)(=O)Oc3ccc(Cl)cc3)cc2)c(Cl)c1. The van der Waals surface area contributed by atoms with Gasteiger partial charge in [0.1, 0.15) is 33.6 Å². The third-order valence-electron chi connectivity index (χ3n) is 5.02. The van der Waals surface area contributed by atoms with Crippen LogP contribution in [0.25, 0.3) is 0 Å². The molecular formula is C26H15Cl3F2N2O6S. The van der Waals surface area contributed by atoms with Crippen molar-refractivity contribution < 1.29 is 35.7 Å². The number of carbonyl (C=O) groups excluding carboxylic acids is 2. The first-order valence-corrected chi connectivity index (χ1v) is 13.5. The van der Waals surface area contributed by atoms with Crippen LogP contribution in [0.1, 0.15) is 10.4 Å². The van der Waals surface area contributed by atoms with E-state index in [1.165, 1.54) is 60.7 Å². The Morgan fingerprint density at radius 2 is 1.32 bits per heavy atom. The number of nitrogens with one attached hydrogen (secondary N) is 2. The first-order valence-electron chi connectivity index (χ1n) is 11.0. The van der Waals surface area contributed by atoms with Crippen molar-refractivity contribution in [2.75, 3.05) is 5.32 Å². The van der Waals surface area contributed by atoms with Crippen LogP contribution in [0.15, 0.2) is 83.8 Å². The monoisotopic (exact) mass is 626 g/mol. The summed E-state index contributed by atoms with van der Waals surface area (Å²) in [6, 6.07) is 15.2. The molecule has 3 amide bonds. The lowest BCUT2D eigenvalue weighted by Gasteiger charge is -2.13. The summed E-state index contributed by atoms with van der Waals surface area (Å²) in [4.78, 5) is 24.1. The van der Waals surface area contributed by atoms with Gasteiger partial charge in [-0.15, -0.1) is 0 Å². The number of urea groups is 1. The third-order valence-corrected chi connectivity index (χ3v) is 7.10. The Bertz CT molecular complexity index is 1660. The molecular weight excluding hydrogens is 613 g/mol. The fourth-order valence-corrected chi connectivity index (χ4v) is 4.85. The van der Waals surface area contributed by atoms with E-state index < -0.39 is 39.3 Å². The summed E-state index contributed by atoms with van der Waals surface area (Å²) < 4.78 is 63.3. The highest BCUT2D eigenvalue weighted by atomic mass is 35.5. The van der Waals surface area contributed by atoms with Crippen LogP contribution in [-0.2, 0) is 10.1 Å². The molecule has 0 unspecified atom stereocenters. The molecule has 0 heterocycles. The predicted octanol–water partition coefficient (Wildman–Crippen LogP) is 7.45. The second-order valence-electron chi connectivity index (χ2n) is 7.84. The third kappa shape index (κ3) is 6.99. The molecule has 4 aromatic carbocycles. The average Bonchev–Trinajstić information content (AvgIpc) is 2.87. The van der Waals surface area contributed by atoms with Crippen molar-refractivity contribution in [2.45, 2.75) is 4.90 Å². The van der Waals surface area contributed by atoms with Gasteiger partial charge in [0.25, 0.3) is 5.91 Å². The minimum Gasteiger partial charge on any atom is -0.454 e. The zero-order chi connectivity index (χ0) is 29.0. The molecule has 0 saturated heterocycles. The summed E-state index contributed by atoms with van der Waals surface area (Å²) >= 11 is 18.3. The smallest absolute Gasteiger partial charge is 0.339 e. The molecule has 0 spiro atoms. The summed E-state index contributed by atoms with van der Waals surface area (Å²) in [6.45, 7) is 0. The van der Waals surface area contributed by atoms with E-state index in [-0.39, 0.29) is 37.9 Å². The van der Waals surface area contributed by atoms with E-state index in [0.29, 0.717) is 5.02 Å². The topological polar surface area (TPSA) is 111 Å². The highest BCUT2D eigenvalue weighted by Gasteiger charge is 2.21. The van der Waals surface area contributed by atoms with E-state index in [9.17, 15) is 26.8 Å². The molecule has 40 heavy (non-hydrogen) atoms. The van der Waals surface area contributed by atoms with Gasteiger partial charge < -0.3 is 14.2 Å². The maximum Gasteiger partial charge on any atom is 0.339 e. The van der Waals surface area contributed by atoms with Gasteiger partial charge in [-0.3, -0.25) is 10.1 Å². The predicted molar refractivity (Wildman–Crippen MR) is 145 cm³/mol. The minimum atomic E-state index is -4.14. The molecule has 8 nitrogen and oxygen atoms in total. The largest absolute Gasteiger partial charge is 0.454 e. The van der Waals surface area contributed by atoms with Crippen molar-refractivity contribution in [3.63, 3.8) is 0 Å². The van der Waals surface area contributed by atoms with Crippen LogP contribution in [0.2, 0.25) is 15.1 Å². The minimum absolute atomic E-state index is 0.0215. The molecule has 2 N–H and O–H groups in total. The summed E-state index contributed by atoms with van der Waals surface area (Å²) in [6.07, 6.45) is 0. The number of halogens is 5. The number of carbonyl (C=O) groups is 2. The average molecular weight is 628 g/mol. The molecule has 0 bridgehead atoms. The second kappa shape index (κ2) is 12.1. The van der Waals surface area contributed by atoms with Crippen molar-refractivity contribution in [1.82, 2.24) is 5.32 Å². The van der Waals surface area contributed by atoms with Crippen molar-refractivity contribution in [2.24, 2.45) is 0 Å². The van der Waals surface area contributed by atoms with Crippen molar-refractivity contribution in [3.8, 4) is 17.2 Å². The van der Waals surface area contributed by atoms with E-state index in [2.05, 4.69) is 5.32 Å². The second-order valence-corrected chi connectivity index (χ2v) is 10.6. The van der Waals surface area contributed by atoms with Crippen LogP contribution in [0, 0.1) is 11.6 Å². The van der Waals surface area contributed by atoms with Crippen molar-refractivity contribution in [3.05, 3.63) is 111 Å². The molecule has 0 radical (unpaired) electrons. The van der Waals surface area contributed by atoms with Gasteiger partial charge in [-0.05, 0) is 72.8 Å². The first kappa shape index (κ1) is 29.1. The van der Waals surface area contributed by atoms with Gasteiger partial charge >= 0.3 is 16.1 Å². The summed E-state index contributed by atoms with van der Waals surface area (Å²) in [5.41, 5.74) is -0.893. The molecule has 0 aliphatic rings. The highest BCUT2D eigenvalue weighted by molar-refractivity contribution is 7.87. The Morgan fingerprint density at radius 3 is 1.90 bits per heavy atom. The van der Waals surface area contributed by atoms with Crippen molar-refractivity contribution >= 4 is 62.5 Å². The Kier molecular flexibility index (Phi) is 8.79. The van der Waals surface area contributed by atoms with Crippen LogP contribution in [-0.4, -0.2) is 20.4 Å². The molecule has 0 aromatic heterocycles.